The van der Waals surface area contributed by atoms with Crippen molar-refractivity contribution in [1.29, 1.82) is 0 Å². The summed E-state index contributed by atoms with van der Waals surface area (Å²) < 4.78 is 0. The highest BCUT2D eigenvalue weighted by Gasteiger charge is 2.06. The van der Waals surface area contributed by atoms with Crippen LogP contribution in [-0.2, 0) is 4.79 Å². The van der Waals surface area contributed by atoms with Crippen molar-refractivity contribution in [2.75, 3.05) is 0 Å². The fraction of sp³-hybridized carbons (Fsp3) is 0.571. The van der Waals surface area contributed by atoms with Crippen molar-refractivity contribution in [2.45, 2.75) is 25.8 Å². The minimum absolute atomic E-state index is 0. The number of carboxylic acids is 1. The molecule has 0 bridgehead atoms. The Hall–Kier alpha value is -0.540. The molecule has 11 heavy (non-hydrogen) atoms. The third-order valence-electron chi connectivity index (χ3n) is 0.904. The molecular weight excluding hydrogens is 166 g/mol. The van der Waals surface area contributed by atoms with Crippen LogP contribution in [0.3, 0.4) is 0 Å². The Labute approximate surface area is 72.7 Å². The molecule has 0 unspecified atom stereocenters. The Balaban J connectivity index is 0. The average Bonchev–Trinajstić information content (AvgIpc) is 1.59. The SMILES string of the molecule is CC(C)(N)C/C=C/C(=O)O.Cl. The molecule has 66 valence electrons. The molecule has 0 rings (SSSR count). The average molecular weight is 180 g/mol. The van der Waals surface area contributed by atoms with Gasteiger partial charge in [-0.2, -0.15) is 0 Å². The van der Waals surface area contributed by atoms with Crippen LogP contribution in [0, 0.1) is 0 Å². The van der Waals surface area contributed by atoms with Crippen LogP contribution in [0.15, 0.2) is 12.2 Å². The first-order chi connectivity index (χ1) is 4.42. The van der Waals surface area contributed by atoms with E-state index >= 15 is 0 Å². The first-order valence-corrected chi connectivity index (χ1v) is 3.10. The number of aliphatic carboxylic acids is 1. The maximum absolute atomic E-state index is 9.96. The zero-order valence-electron chi connectivity index (χ0n) is 6.70. The summed E-state index contributed by atoms with van der Waals surface area (Å²) in [6.45, 7) is 3.69. The summed E-state index contributed by atoms with van der Waals surface area (Å²) in [5, 5.41) is 8.18. The summed E-state index contributed by atoms with van der Waals surface area (Å²) >= 11 is 0. The van der Waals surface area contributed by atoms with Crippen LogP contribution in [0.5, 0.6) is 0 Å². The molecule has 0 aliphatic rings. The highest BCUT2D eigenvalue weighted by molar-refractivity contribution is 5.85. The minimum Gasteiger partial charge on any atom is -0.478 e. The third-order valence-corrected chi connectivity index (χ3v) is 0.904. The van der Waals surface area contributed by atoms with Crippen LogP contribution < -0.4 is 5.73 Å². The van der Waals surface area contributed by atoms with Gasteiger partial charge in [-0.1, -0.05) is 6.08 Å². The van der Waals surface area contributed by atoms with Crippen molar-refractivity contribution in [3.63, 3.8) is 0 Å². The Kier molecular flexibility index (Phi) is 6.13. The van der Waals surface area contributed by atoms with Gasteiger partial charge in [0, 0.05) is 11.6 Å². The number of rotatable bonds is 3. The van der Waals surface area contributed by atoms with Gasteiger partial charge in [0.25, 0.3) is 0 Å². The summed E-state index contributed by atoms with van der Waals surface area (Å²) in [5.74, 6) is -0.927. The van der Waals surface area contributed by atoms with Crippen molar-refractivity contribution in [3.05, 3.63) is 12.2 Å². The second-order valence-corrected chi connectivity index (χ2v) is 2.93. The van der Waals surface area contributed by atoms with Crippen LogP contribution >= 0.6 is 12.4 Å². The van der Waals surface area contributed by atoms with Gasteiger partial charge >= 0.3 is 5.97 Å². The second-order valence-electron chi connectivity index (χ2n) is 2.93. The highest BCUT2D eigenvalue weighted by Crippen LogP contribution is 2.03. The van der Waals surface area contributed by atoms with Crippen molar-refractivity contribution in [3.8, 4) is 0 Å². The fourth-order valence-electron chi connectivity index (χ4n) is 0.463. The van der Waals surface area contributed by atoms with E-state index in [4.69, 9.17) is 10.8 Å². The topological polar surface area (TPSA) is 63.3 Å². The molecule has 3 N–H and O–H groups in total. The van der Waals surface area contributed by atoms with Crippen molar-refractivity contribution in [2.24, 2.45) is 5.73 Å². The summed E-state index contributed by atoms with van der Waals surface area (Å²) in [4.78, 5) is 9.96. The van der Waals surface area contributed by atoms with Crippen LogP contribution in [0.25, 0.3) is 0 Å². The molecule has 0 saturated carbocycles. The van der Waals surface area contributed by atoms with Gasteiger partial charge in [0.05, 0.1) is 0 Å². The number of carboxylic acid groups (broad SMARTS) is 1. The van der Waals surface area contributed by atoms with E-state index in [0.717, 1.165) is 6.08 Å². The van der Waals surface area contributed by atoms with Crippen LogP contribution in [-0.4, -0.2) is 16.6 Å². The standard InChI is InChI=1S/C7H13NO2.ClH/c1-7(2,8)5-3-4-6(9)10;/h3-4H,5,8H2,1-2H3,(H,9,10);1H/b4-3+;. The number of carbonyl (C=O) groups is 1. The molecule has 0 aliphatic heterocycles. The van der Waals surface area contributed by atoms with Crippen molar-refractivity contribution >= 4 is 18.4 Å². The molecule has 0 aliphatic carbocycles. The number of halogens is 1. The van der Waals surface area contributed by atoms with Crippen molar-refractivity contribution in [1.82, 2.24) is 0 Å². The predicted molar refractivity (Wildman–Crippen MR) is 46.9 cm³/mol. The molecule has 0 saturated heterocycles. The van der Waals surface area contributed by atoms with Gasteiger partial charge in [0.2, 0.25) is 0 Å². The zero-order valence-corrected chi connectivity index (χ0v) is 7.52. The molecule has 3 nitrogen and oxygen atoms in total. The lowest BCUT2D eigenvalue weighted by atomic mass is 10.0. The molecule has 4 heteroatoms. The minimum atomic E-state index is -0.927. The second kappa shape index (κ2) is 5.16. The Morgan fingerprint density at radius 1 is 1.64 bits per heavy atom. The van der Waals surface area contributed by atoms with Gasteiger partial charge in [-0.25, -0.2) is 4.79 Å². The molecule has 0 aromatic carbocycles. The molecule has 0 fully saturated rings. The summed E-state index contributed by atoms with van der Waals surface area (Å²) in [6, 6.07) is 0. The molecule has 0 atom stereocenters. The predicted octanol–water partition coefficient (Wildman–Crippen LogP) is 1.18. The van der Waals surface area contributed by atoms with E-state index in [0.29, 0.717) is 6.42 Å². The molecule has 0 aromatic heterocycles. The van der Waals surface area contributed by atoms with E-state index in [2.05, 4.69) is 0 Å². The van der Waals surface area contributed by atoms with Crippen LogP contribution in [0.1, 0.15) is 20.3 Å². The molecule has 0 heterocycles. The summed E-state index contributed by atoms with van der Waals surface area (Å²) in [6.07, 6.45) is 3.25. The molecule has 0 spiro atoms. The number of hydrogen-bond acceptors (Lipinski definition) is 2. The van der Waals surface area contributed by atoms with Gasteiger partial charge in [-0.15, -0.1) is 12.4 Å². The van der Waals surface area contributed by atoms with Gasteiger partial charge in [-0.3, -0.25) is 0 Å². The smallest absolute Gasteiger partial charge is 0.327 e. The lowest BCUT2D eigenvalue weighted by Crippen LogP contribution is -2.30. The van der Waals surface area contributed by atoms with Gasteiger partial charge in [-0.05, 0) is 20.3 Å². The molecule has 0 amide bonds. The normalized spacial score (nSPS) is 11.2. The number of nitrogens with two attached hydrogens (primary N) is 1. The van der Waals surface area contributed by atoms with Gasteiger partial charge < -0.3 is 10.8 Å². The van der Waals surface area contributed by atoms with E-state index in [9.17, 15) is 4.79 Å². The van der Waals surface area contributed by atoms with E-state index < -0.39 is 5.97 Å². The Morgan fingerprint density at radius 3 is 2.36 bits per heavy atom. The molecule has 0 radical (unpaired) electrons. The van der Waals surface area contributed by atoms with Crippen molar-refractivity contribution < 1.29 is 9.90 Å². The lowest BCUT2D eigenvalue weighted by molar-refractivity contribution is -0.131. The first kappa shape index (κ1) is 13.1. The Morgan fingerprint density at radius 2 is 2.09 bits per heavy atom. The first-order valence-electron chi connectivity index (χ1n) is 3.10. The van der Waals surface area contributed by atoms with Gasteiger partial charge in [0.15, 0.2) is 0 Å². The molecule has 0 aromatic rings. The summed E-state index contributed by atoms with van der Waals surface area (Å²) in [5.41, 5.74) is 5.26. The fourth-order valence-corrected chi connectivity index (χ4v) is 0.463. The maximum Gasteiger partial charge on any atom is 0.327 e. The zero-order chi connectivity index (χ0) is 8.20. The molecular formula is C7H14ClNO2. The van der Waals surface area contributed by atoms with Gasteiger partial charge in [0.1, 0.15) is 0 Å². The Bertz CT molecular complexity index is 149. The maximum atomic E-state index is 9.96. The van der Waals surface area contributed by atoms with E-state index in [-0.39, 0.29) is 17.9 Å². The number of hydrogen-bond donors (Lipinski definition) is 2. The monoisotopic (exact) mass is 179 g/mol. The van der Waals surface area contributed by atoms with E-state index in [1.807, 2.05) is 13.8 Å². The van der Waals surface area contributed by atoms with E-state index in [1.54, 1.807) is 6.08 Å². The van der Waals surface area contributed by atoms with Crippen LogP contribution in [0.2, 0.25) is 0 Å². The quantitative estimate of drug-likeness (QED) is 0.640. The summed E-state index contributed by atoms with van der Waals surface area (Å²) in [7, 11) is 0. The van der Waals surface area contributed by atoms with Crippen LogP contribution in [0.4, 0.5) is 0 Å². The van der Waals surface area contributed by atoms with E-state index in [1.165, 1.54) is 0 Å². The highest BCUT2D eigenvalue weighted by atomic mass is 35.5. The third kappa shape index (κ3) is 12.6. The largest absolute Gasteiger partial charge is 0.478 e. The lowest BCUT2D eigenvalue weighted by Gasteiger charge is -2.14.